The number of piperidine rings is 2. The maximum atomic E-state index is 6.01. The molecule has 2 N–H and O–H groups in total. The lowest BCUT2D eigenvalue weighted by Crippen LogP contribution is -2.62. The third kappa shape index (κ3) is 1.48. The third-order valence-electron chi connectivity index (χ3n) is 3.55. The van der Waals surface area contributed by atoms with Crippen LogP contribution in [0.3, 0.4) is 0 Å². The summed E-state index contributed by atoms with van der Waals surface area (Å²) < 4.78 is 0. The SMILES string of the molecule is N[C@@H]1[C@@H]2C[C@H]1CN(c1cc(Cl)ncn1)C2. The zero-order valence-corrected chi connectivity index (χ0v) is 9.06. The van der Waals surface area contributed by atoms with E-state index in [9.17, 15) is 0 Å². The van der Waals surface area contributed by atoms with Gasteiger partial charge in [-0.05, 0) is 18.3 Å². The number of nitrogens with two attached hydrogens (primary N) is 1. The average Bonchev–Trinajstić information content (AvgIpc) is 2.28. The summed E-state index contributed by atoms with van der Waals surface area (Å²) in [6.45, 7) is 2.01. The summed E-state index contributed by atoms with van der Waals surface area (Å²) in [6, 6.07) is 2.22. The summed E-state index contributed by atoms with van der Waals surface area (Å²) in [5, 5.41) is 0.503. The van der Waals surface area contributed by atoms with E-state index in [2.05, 4.69) is 14.9 Å². The van der Waals surface area contributed by atoms with Crippen LogP contribution >= 0.6 is 11.6 Å². The molecule has 0 unspecified atom stereocenters. The Morgan fingerprint density at radius 2 is 2.07 bits per heavy atom. The minimum absolute atomic E-state index is 0.401. The first kappa shape index (κ1) is 9.36. The molecule has 2 saturated heterocycles. The fourth-order valence-electron chi connectivity index (χ4n) is 2.61. The van der Waals surface area contributed by atoms with E-state index in [0.29, 0.717) is 23.0 Å². The number of nitrogens with zero attached hydrogens (tertiary/aromatic N) is 3. The average molecular weight is 225 g/mol. The van der Waals surface area contributed by atoms with Crippen LogP contribution in [0.2, 0.25) is 5.15 Å². The Morgan fingerprint density at radius 1 is 1.33 bits per heavy atom. The molecule has 15 heavy (non-hydrogen) atoms. The minimum Gasteiger partial charge on any atom is -0.356 e. The number of hydrogen-bond donors (Lipinski definition) is 1. The maximum Gasteiger partial charge on any atom is 0.134 e. The molecule has 0 amide bonds. The van der Waals surface area contributed by atoms with Gasteiger partial charge in [0.05, 0.1) is 0 Å². The molecular formula is C10H13ClN4. The lowest BCUT2D eigenvalue weighted by Gasteiger charge is -2.52. The Morgan fingerprint density at radius 3 is 2.67 bits per heavy atom. The van der Waals surface area contributed by atoms with Gasteiger partial charge in [0.1, 0.15) is 17.3 Å². The van der Waals surface area contributed by atoms with Gasteiger partial charge in [-0.2, -0.15) is 0 Å². The Bertz CT molecular complexity index is 371. The van der Waals surface area contributed by atoms with Gasteiger partial charge in [-0.15, -0.1) is 0 Å². The molecule has 1 aliphatic carbocycles. The van der Waals surface area contributed by atoms with Crippen molar-refractivity contribution >= 4 is 17.4 Å². The number of fused-ring (bicyclic) bond motifs is 2. The second-order valence-electron chi connectivity index (χ2n) is 4.44. The fourth-order valence-corrected chi connectivity index (χ4v) is 2.75. The summed E-state index contributed by atoms with van der Waals surface area (Å²) in [4.78, 5) is 10.4. The summed E-state index contributed by atoms with van der Waals surface area (Å²) in [7, 11) is 0. The first-order chi connectivity index (χ1) is 7.24. The second-order valence-corrected chi connectivity index (χ2v) is 4.82. The highest BCUT2D eigenvalue weighted by atomic mass is 35.5. The van der Waals surface area contributed by atoms with Gasteiger partial charge in [0.15, 0.2) is 0 Å². The number of hydrogen-bond acceptors (Lipinski definition) is 4. The monoisotopic (exact) mass is 224 g/mol. The third-order valence-corrected chi connectivity index (χ3v) is 3.75. The highest BCUT2D eigenvalue weighted by Gasteiger charge is 2.44. The van der Waals surface area contributed by atoms with Crippen LogP contribution in [-0.4, -0.2) is 29.1 Å². The second kappa shape index (κ2) is 3.32. The molecule has 80 valence electrons. The lowest BCUT2D eigenvalue weighted by molar-refractivity contribution is 0.115. The van der Waals surface area contributed by atoms with Gasteiger partial charge < -0.3 is 10.6 Å². The molecule has 2 bridgehead atoms. The zero-order valence-electron chi connectivity index (χ0n) is 8.31. The summed E-state index contributed by atoms with van der Waals surface area (Å²) in [6.07, 6.45) is 2.79. The molecule has 3 fully saturated rings. The maximum absolute atomic E-state index is 6.01. The highest BCUT2D eigenvalue weighted by molar-refractivity contribution is 6.29. The molecule has 5 heteroatoms. The Labute approximate surface area is 93.5 Å². The molecule has 1 aromatic rings. The molecule has 0 spiro atoms. The van der Waals surface area contributed by atoms with E-state index in [1.54, 1.807) is 0 Å². The standard InChI is InChI=1S/C10H13ClN4/c11-8-2-9(14-5-13-8)15-3-6-1-7(4-15)10(6)12/h2,5-7,10H,1,3-4,12H2/t6-,7+,10-. The van der Waals surface area contributed by atoms with Gasteiger partial charge >= 0.3 is 0 Å². The summed E-state index contributed by atoms with van der Waals surface area (Å²) in [5.74, 6) is 2.20. The zero-order chi connectivity index (χ0) is 10.4. The molecule has 2 aliphatic heterocycles. The Kier molecular flexibility index (Phi) is 2.07. The van der Waals surface area contributed by atoms with Crippen molar-refractivity contribution in [3.05, 3.63) is 17.5 Å². The van der Waals surface area contributed by atoms with Crippen LogP contribution < -0.4 is 10.6 Å². The molecular weight excluding hydrogens is 212 g/mol. The van der Waals surface area contributed by atoms with Gasteiger partial charge in [-0.3, -0.25) is 0 Å². The van der Waals surface area contributed by atoms with E-state index in [4.69, 9.17) is 17.3 Å². The summed E-state index contributed by atoms with van der Waals surface area (Å²) in [5.41, 5.74) is 6.01. The van der Waals surface area contributed by atoms with E-state index in [0.717, 1.165) is 18.9 Å². The number of rotatable bonds is 1. The first-order valence-electron chi connectivity index (χ1n) is 5.22. The fraction of sp³-hybridized carbons (Fsp3) is 0.600. The number of anilines is 1. The van der Waals surface area contributed by atoms with Crippen LogP contribution in [0.4, 0.5) is 5.82 Å². The van der Waals surface area contributed by atoms with Crippen LogP contribution in [0.15, 0.2) is 12.4 Å². The molecule has 0 aromatic carbocycles. The lowest BCUT2D eigenvalue weighted by atomic mass is 9.67. The van der Waals surface area contributed by atoms with E-state index < -0.39 is 0 Å². The molecule has 1 saturated carbocycles. The van der Waals surface area contributed by atoms with E-state index in [-0.39, 0.29) is 0 Å². The van der Waals surface area contributed by atoms with Gasteiger partial charge in [-0.1, -0.05) is 11.6 Å². The van der Waals surface area contributed by atoms with Gasteiger partial charge in [0.2, 0.25) is 0 Å². The predicted octanol–water partition coefficient (Wildman–Crippen LogP) is 0.913. The van der Waals surface area contributed by atoms with Crippen molar-refractivity contribution in [3.8, 4) is 0 Å². The van der Waals surface area contributed by atoms with Crippen molar-refractivity contribution in [2.45, 2.75) is 12.5 Å². The van der Waals surface area contributed by atoms with Crippen LogP contribution in [0.1, 0.15) is 6.42 Å². The first-order valence-corrected chi connectivity index (χ1v) is 5.60. The highest BCUT2D eigenvalue weighted by Crippen LogP contribution is 2.39. The van der Waals surface area contributed by atoms with Crippen molar-refractivity contribution in [3.63, 3.8) is 0 Å². The van der Waals surface area contributed by atoms with Gasteiger partial charge in [0.25, 0.3) is 0 Å². The van der Waals surface area contributed by atoms with E-state index in [1.807, 2.05) is 6.07 Å². The number of halogens is 1. The summed E-state index contributed by atoms with van der Waals surface area (Å²) >= 11 is 5.84. The predicted molar refractivity (Wildman–Crippen MR) is 58.8 cm³/mol. The quantitative estimate of drug-likeness (QED) is 0.721. The normalized spacial score (nSPS) is 33.7. The van der Waals surface area contributed by atoms with Gasteiger partial charge in [-0.25, -0.2) is 9.97 Å². The van der Waals surface area contributed by atoms with E-state index >= 15 is 0 Å². The molecule has 1 aromatic heterocycles. The van der Waals surface area contributed by atoms with Crippen molar-refractivity contribution in [1.29, 1.82) is 0 Å². The van der Waals surface area contributed by atoms with Crippen molar-refractivity contribution in [2.75, 3.05) is 18.0 Å². The Hall–Kier alpha value is -0.870. The molecule has 3 heterocycles. The smallest absolute Gasteiger partial charge is 0.134 e. The Balaban J connectivity index is 1.79. The van der Waals surface area contributed by atoms with E-state index in [1.165, 1.54) is 12.7 Å². The van der Waals surface area contributed by atoms with Crippen LogP contribution in [0.25, 0.3) is 0 Å². The van der Waals surface area contributed by atoms with Crippen LogP contribution in [-0.2, 0) is 0 Å². The molecule has 4 rings (SSSR count). The molecule has 4 nitrogen and oxygen atoms in total. The van der Waals surface area contributed by atoms with Gasteiger partial charge in [0, 0.05) is 25.2 Å². The number of aromatic nitrogens is 2. The van der Waals surface area contributed by atoms with Crippen LogP contribution in [0, 0.1) is 11.8 Å². The van der Waals surface area contributed by atoms with Crippen molar-refractivity contribution < 1.29 is 0 Å². The molecule has 3 aliphatic rings. The van der Waals surface area contributed by atoms with Crippen molar-refractivity contribution in [2.24, 2.45) is 17.6 Å². The topological polar surface area (TPSA) is 55.0 Å². The molecule has 0 radical (unpaired) electrons. The minimum atomic E-state index is 0.401. The van der Waals surface area contributed by atoms with Crippen molar-refractivity contribution in [1.82, 2.24) is 9.97 Å². The molecule has 3 atom stereocenters. The largest absolute Gasteiger partial charge is 0.356 e. The van der Waals surface area contributed by atoms with Crippen LogP contribution in [0.5, 0.6) is 0 Å².